The van der Waals surface area contributed by atoms with Crippen LogP contribution >= 0.6 is 23.4 Å². The van der Waals surface area contributed by atoms with Gasteiger partial charge in [-0.2, -0.15) is 0 Å². The fraction of sp³-hybridized carbons (Fsp3) is 0.261. The van der Waals surface area contributed by atoms with Crippen LogP contribution in [0.1, 0.15) is 5.82 Å². The van der Waals surface area contributed by atoms with Gasteiger partial charge in [0.25, 0.3) is 0 Å². The van der Waals surface area contributed by atoms with Crippen LogP contribution in [-0.2, 0) is 11.3 Å². The number of piperazine rings is 1. The van der Waals surface area contributed by atoms with Crippen LogP contribution in [0.15, 0.2) is 60.0 Å². The molecule has 0 atom stereocenters. The molecule has 0 saturated carbocycles. The van der Waals surface area contributed by atoms with Crippen LogP contribution in [0.5, 0.6) is 0 Å². The maximum Gasteiger partial charge on any atom is 0.233 e. The minimum absolute atomic E-state index is 0.0801. The van der Waals surface area contributed by atoms with Gasteiger partial charge in [-0.1, -0.05) is 41.6 Å². The van der Waals surface area contributed by atoms with Crippen LogP contribution in [-0.4, -0.2) is 72.4 Å². The molecule has 174 valence electrons. The molecule has 5 rings (SSSR count). The molecule has 1 fully saturated rings. The highest BCUT2D eigenvalue weighted by Crippen LogP contribution is 2.22. The van der Waals surface area contributed by atoms with Crippen LogP contribution in [0.3, 0.4) is 0 Å². The number of fused-ring (bicyclic) bond motifs is 1. The number of thioether (sulfide) groups is 1. The number of rotatable bonds is 6. The van der Waals surface area contributed by atoms with Crippen molar-refractivity contribution in [2.24, 2.45) is 0 Å². The Kier molecular flexibility index (Phi) is 6.61. The molecule has 3 heterocycles. The summed E-state index contributed by atoms with van der Waals surface area (Å²) >= 11 is 7.47. The average Bonchev–Trinajstić information content (AvgIpc) is 3.32. The van der Waals surface area contributed by atoms with Gasteiger partial charge in [-0.25, -0.2) is 9.97 Å². The molecule has 34 heavy (non-hydrogen) atoms. The van der Waals surface area contributed by atoms with Crippen LogP contribution in [0, 0.1) is 0 Å². The molecule has 1 aliphatic heterocycles. The van der Waals surface area contributed by atoms with Gasteiger partial charge in [-0.3, -0.25) is 14.3 Å². The molecule has 0 bridgehead atoms. The molecule has 0 unspecified atom stereocenters. The van der Waals surface area contributed by atoms with E-state index in [0.717, 1.165) is 29.7 Å². The van der Waals surface area contributed by atoms with Gasteiger partial charge in [0.1, 0.15) is 18.0 Å². The van der Waals surface area contributed by atoms with Crippen LogP contribution in [0.25, 0.3) is 16.6 Å². The van der Waals surface area contributed by atoms with Crippen molar-refractivity contribution in [3.63, 3.8) is 0 Å². The predicted molar refractivity (Wildman–Crippen MR) is 133 cm³/mol. The summed E-state index contributed by atoms with van der Waals surface area (Å²) < 4.78 is 1.83. The highest BCUT2D eigenvalue weighted by molar-refractivity contribution is 7.99. The fourth-order valence-electron chi connectivity index (χ4n) is 3.92. The van der Waals surface area contributed by atoms with Crippen molar-refractivity contribution in [2.45, 2.75) is 11.7 Å². The van der Waals surface area contributed by atoms with E-state index in [-0.39, 0.29) is 5.91 Å². The second-order valence-electron chi connectivity index (χ2n) is 7.95. The normalized spacial score (nSPS) is 14.6. The summed E-state index contributed by atoms with van der Waals surface area (Å²) in [5.41, 5.74) is 7.82. The summed E-state index contributed by atoms with van der Waals surface area (Å²) in [6, 6.07) is 15.2. The second-order valence-corrected chi connectivity index (χ2v) is 9.33. The van der Waals surface area contributed by atoms with Crippen LogP contribution in [0.4, 0.5) is 5.82 Å². The van der Waals surface area contributed by atoms with E-state index in [4.69, 9.17) is 17.3 Å². The number of nitrogen functional groups attached to an aromatic ring is 1. The molecule has 0 spiro atoms. The summed E-state index contributed by atoms with van der Waals surface area (Å²) in [7, 11) is 0. The number of hydrogen-bond acceptors (Lipinski definition) is 8. The molecule has 0 radical (unpaired) electrons. The first-order chi connectivity index (χ1) is 16.6. The van der Waals surface area contributed by atoms with E-state index >= 15 is 0 Å². The van der Waals surface area contributed by atoms with E-state index in [1.165, 1.54) is 11.8 Å². The van der Waals surface area contributed by atoms with Crippen molar-refractivity contribution in [3.05, 3.63) is 65.7 Å². The standard InChI is InChI=1S/C23H23ClN8OS/c24-16-4-3-5-17(12-16)32-15-26-29-23(32)34-14-21(33)31-10-8-30(9-11-31)13-20-27-19-7-2-1-6-18(19)22(25)28-20/h1-7,12,15H,8-11,13-14H2,(H2,25,27,28). The molecule has 2 aromatic carbocycles. The molecule has 0 aliphatic carbocycles. The van der Waals surface area contributed by atoms with Crippen molar-refractivity contribution in [3.8, 4) is 5.69 Å². The lowest BCUT2D eigenvalue weighted by atomic mass is 10.2. The Hall–Kier alpha value is -3.21. The van der Waals surface area contributed by atoms with Gasteiger partial charge in [-0.05, 0) is 30.3 Å². The number of aromatic nitrogens is 5. The van der Waals surface area contributed by atoms with Crippen LogP contribution < -0.4 is 5.73 Å². The summed E-state index contributed by atoms with van der Waals surface area (Å²) in [5, 5.41) is 10.3. The van der Waals surface area contributed by atoms with Crippen LogP contribution in [0.2, 0.25) is 5.02 Å². The number of nitrogens with zero attached hydrogens (tertiary/aromatic N) is 7. The molecule has 9 nitrogen and oxygen atoms in total. The lowest BCUT2D eigenvalue weighted by Crippen LogP contribution is -2.49. The Morgan fingerprint density at radius 2 is 1.88 bits per heavy atom. The van der Waals surface area contributed by atoms with Gasteiger partial charge in [0.15, 0.2) is 5.16 Å². The Balaban J connectivity index is 1.15. The number of anilines is 1. The SMILES string of the molecule is Nc1nc(CN2CCN(C(=O)CSc3nncn3-c3cccc(Cl)c3)CC2)nc2ccccc12. The molecular weight excluding hydrogens is 472 g/mol. The van der Waals surface area contributed by atoms with Crippen molar-refractivity contribution >= 4 is 46.0 Å². The summed E-state index contributed by atoms with van der Waals surface area (Å²) in [6.07, 6.45) is 1.62. The van der Waals surface area contributed by atoms with Gasteiger partial charge in [0, 0.05) is 36.6 Å². The van der Waals surface area contributed by atoms with Crippen molar-refractivity contribution < 1.29 is 4.79 Å². The molecule has 1 saturated heterocycles. The third-order valence-electron chi connectivity index (χ3n) is 5.70. The van der Waals surface area contributed by atoms with Gasteiger partial charge in [-0.15, -0.1) is 10.2 Å². The minimum atomic E-state index is 0.0801. The number of carbonyl (C=O) groups excluding carboxylic acids is 1. The predicted octanol–water partition coefficient (Wildman–Crippen LogP) is 2.88. The number of halogens is 1. The lowest BCUT2D eigenvalue weighted by molar-refractivity contribution is -0.130. The number of nitrogens with two attached hydrogens (primary N) is 1. The maximum absolute atomic E-state index is 12.8. The van der Waals surface area contributed by atoms with Gasteiger partial charge in [0.05, 0.1) is 23.5 Å². The monoisotopic (exact) mass is 494 g/mol. The van der Waals surface area contributed by atoms with Crippen molar-refractivity contribution in [1.82, 2.24) is 34.5 Å². The third kappa shape index (κ3) is 4.98. The topological polar surface area (TPSA) is 106 Å². The van der Waals surface area contributed by atoms with Gasteiger partial charge < -0.3 is 10.6 Å². The Labute approximate surface area is 205 Å². The summed E-state index contributed by atoms with van der Waals surface area (Å²) in [6.45, 7) is 3.43. The fourth-order valence-corrected chi connectivity index (χ4v) is 4.94. The molecule has 1 amide bonds. The number of para-hydroxylation sites is 1. The van der Waals surface area contributed by atoms with E-state index in [0.29, 0.717) is 47.2 Å². The largest absolute Gasteiger partial charge is 0.383 e. The molecule has 2 N–H and O–H groups in total. The zero-order valence-electron chi connectivity index (χ0n) is 18.3. The molecule has 1 aliphatic rings. The summed E-state index contributed by atoms with van der Waals surface area (Å²) in [5.74, 6) is 1.57. The number of benzene rings is 2. The Morgan fingerprint density at radius 3 is 2.71 bits per heavy atom. The first-order valence-corrected chi connectivity index (χ1v) is 12.2. The second kappa shape index (κ2) is 9.96. The molecule has 4 aromatic rings. The lowest BCUT2D eigenvalue weighted by Gasteiger charge is -2.34. The van der Waals surface area contributed by atoms with E-state index < -0.39 is 0 Å². The minimum Gasteiger partial charge on any atom is -0.383 e. The first-order valence-electron chi connectivity index (χ1n) is 10.9. The Morgan fingerprint density at radius 1 is 1.06 bits per heavy atom. The van der Waals surface area contributed by atoms with Crippen molar-refractivity contribution in [1.29, 1.82) is 0 Å². The third-order valence-corrected chi connectivity index (χ3v) is 6.86. The number of amides is 1. The maximum atomic E-state index is 12.8. The molecule has 11 heteroatoms. The quantitative estimate of drug-likeness (QED) is 0.408. The highest BCUT2D eigenvalue weighted by atomic mass is 35.5. The zero-order valence-corrected chi connectivity index (χ0v) is 19.9. The Bertz CT molecular complexity index is 1320. The summed E-state index contributed by atoms with van der Waals surface area (Å²) in [4.78, 5) is 26.1. The smallest absolute Gasteiger partial charge is 0.233 e. The molecular formula is C23H23ClN8OS. The zero-order chi connectivity index (χ0) is 23.5. The average molecular weight is 495 g/mol. The highest BCUT2D eigenvalue weighted by Gasteiger charge is 2.23. The van der Waals surface area contributed by atoms with E-state index in [2.05, 4.69) is 25.1 Å². The van der Waals surface area contributed by atoms with Crippen molar-refractivity contribution in [2.75, 3.05) is 37.7 Å². The van der Waals surface area contributed by atoms with E-state index in [1.807, 2.05) is 58.0 Å². The van der Waals surface area contributed by atoms with Gasteiger partial charge >= 0.3 is 0 Å². The van der Waals surface area contributed by atoms with E-state index in [9.17, 15) is 4.79 Å². The number of hydrogen-bond donors (Lipinski definition) is 1. The molecule has 2 aromatic heterocycles. The van der Waals surface area contributed by atoms with Gasteiger partial charge in [0.2, 0.25) is 5.91 Å². The first kappa shape index (κ1) is 22.6. The number of carbonyl (C=O) groups is 1. The van der Waals surface area contributed by atoms with E-state index in [1.54, 1.807) is 6.33 Å².